The van der Waals surface area contributed by atoms with E-state index in [1.54, 1.807) is 33.8 Å². The van der Waals surface area contributed by atoms with Gasteiger partial charge in [-0.3, -0.25) is 0 Å². The van der Waals surface area contributed by atoms with Crippen LogP contribution in [0.5, 0.6) is 0 Å². The Hall–Kier alpha value is -4.44. The van der Waals surface area contributed by atoms with Crippen LogP contribution in [0.15, 0.2) is 54.6 Å². The van der Waals surface area contributed by atoms with Gasteiger partial charge in [0.25, 0.3) is 0 Å². The van der Waals surface area contributed by atoms with Crippen LogP contribution in [0.25, 0.3) is 22.3 Å². The Labute approximate surface area is 251 Å². The third-order valence-corrected chi connectivity index (χ3v) is 6.86. The fourth-order valence-electron chi connectivity index (χ4n) is 4.72. The monoisotopic (exact) mass is 585 g/mol. The lowest BCUT2D eigenvalue weighted by atomic mass is 10.1. The molecule has 5 rings (SSSR count). The molecule has 1 aliphatic rings. The number of esters is 1. The van der Waals surface area contributed by atoms with Gasteiger partial charge in [0.05, 0.1) is 48.3 Å². The highest BCUT2D eigenvalue weighted by Crippen LogP contribution is 2.33. The second kappa shape index (κ2) is 12.8. The zero-order chi connectivity index (χ0) is 30.6. The number of hydrogen-bond acceptors (Lipinski definition) is 8. The van der Waals surface area contributed by atoms with Crippen molar-refractivity contribution in [2.75, 3.05) is 18.5 Å². The fraction of sp³-hybridized carbons (Fsp3) is 0.394. The zero-order valence-electron chi connectivity index (χ0n) is 25.3. The maximum absolute atomic E-state index is 13.3. The van der Waals surface area contributed by atoms with Crippen molar-refractivity contribution in [3.63, 3.8) is 0 Å². The summed E-state index contributed by atoms with van der Waals surface area (Å²) in [6.07, 6.45) is 1.60. The summed E-state index contributed by atoms with van der Waals surface area (Å²) in [6, 6.07) is 16.9. The molecule has 1 atom stereocenters. The summed E-state index contributed by atoms with van der Waals surface area (Å²) < 4.78 is 17.0. The van der Waals surface area contributed by atoms with E-state index in [0.717, 1.165) is 41.0 Å². The van der Waals surface area contributed by atoms with Gasteiger partial charge in [-0.1, -0.05) is 42.5 Å². The van der Waals surface area contributed by atoms with Crippen molar-refractivity contribution >= 4 is 28.9 Å². The molecule has 43 heavy (non-hydrogen) atoms. The number of amides is 1. The topological polar surface area (TPSA) is 127 Å². The molecule has 2 heterocycles. The van der Waals surface area contributed by atoms with Crippen LogP contribution in [-0.2, 0) is 20.8 Å². The van der Waals surface area contributed by atoms with Crippen LogP contribution in [0, 0.1) is 6.92 Å². The number of hydrogen-bond donors (Lipinski definition) is 3. The van der Waals surface area contributed by atoms with Gasteiger partial charge in [0.1, 0.15) is 16.9 Å². The maximum atomic E-state index is 13.3. The Kier molecular flexibility index (Phi) is 8.96. The van der Waals surface area contributed by atoms with Crippen LogP contribution < -0.4 is 10.6 Å². The lowest BCUT2D eigenvalue weighted by Crippen LogP contribution is -2.37. The molecule has 1 amide bonds. The maximum Gasteiger partial charge on any atom is 0.408 e. The number of rotatable bonds is 11. The molecule has 226 valence electrons. The van der Waals surface area contributed by atoms with E-state index in [2.05, 4.69) is 15.6 Å². The van der Waals surface area contributed by atoms with Gasteiger partial charge in [-0.2, -0.15) is 0 Å². The fourth-order valence-corrected chi connectivity index (χ4v) is 4.72. The highest BCUT2D eigenvalue weighted by atomic mass is 16.6. The Morgan fingerprint density at radius 3 is 2.53 bits per heavy atom. The van der Waals surface area contributed by atoms with Crippen LogP contribution in [0.1, 0.15) is 73.9 Å². The first-order valence-corrected chi connectivity index (χ1v) is 14.7. The van der Waals surface area contributed by atoms with Crippen LogP contribution in [0.3, 0.4) is 0 Å². The number of anilines is 1. The third kappa shape index (κ3) is 7.70. The van der Waals surface area contributed by atoms with Crippen molar-refractivity contribution in [1.82, 2.24) is 20.3 Å². The molecule has 0 spiro atoms. The predicted molar refractivity (Wildman–Crippen MR) is 165 cm³/mol. The van der Waals surface area contributed by atoms with Gasteiger partial charge in [-0.05, 0) is 65.2 Å². The largest absolute Gasteiger partial charge is 0.462 e. The first kappa shape index (κ1) is 30.0. The molecule has 0 bridgehead atoms. The molecular formula is C33H39N5O5. The van der Waals surface area contributed by atoms with Gasteiger partial charge in [-0.25, -0.2) is 19.6 Å². The van der Waals surface area contributed by atoms with Crippen LogP contribution in [0.4, 0.5) is 10.6 Å². The Balaban J connectivity index is 1.54. The van der Waals surface area contributed by atoms with E-state index in [0.29, 0.717) is 29.6 Å². The number of nitrogens with one attached hydrogen (secondary N) is 3. The second-order valence-electron chi connectivity index (χ2n) is 11.7. The second-order valence-corrected chi connectivity index (χ2v) is 11.7. The van der Waals surface area contributed by atoms with E-state index < -0.39 is 23.7 Å². The van der Waals surface area contributed by atoms with Crippen LogP contribution in [-0.4, -0.2) is 51.9 Å². The Bertz CT molecular complexity index is 1590. The summed E-state index contributed by atoms with van der Waals surface area (Å²) in [7, 11) is 0. The first-order valence-electron chi connectivity index (χ1n) is 14.7. The lowest BCUT2D eigenvalue weighted by Gasteiger charge is -2.24. The number of aryl methyl sites for hydroxylation is 1. The summed E-state index contributed by atoms with van der Waals surface area (Å²) in [4.78, 5) is 39.3. The molecule has 1 saturated carbocycles. The number of aromatic amines is 1. The highest BCUT2D eigenvalue weighted by Gasteiger charge is 2.29. The van der Waals surface area contributed by atoms with Crippen molar-refractivity contribution < 1.29 is 23.8 Å². The predicted octanol–water partition coefficient (Wildman–Crippen LogP) is 6.47. The van der Waals surface area contributed by atoms with E-state index in [9.17, 15) is 9.59 Å². The molecule has 1 aliphatic carbocycles. The summed E-state index contributed by atoms with van der Waals surface area (Å²) in [5.41, 5.74) is 4.66. The van der Waals surface area contributed by atoms with Crippen LogP contribution in [0.2, 0.25) is 0 Å². The van der Waals surface area contributed by atoms with Gasteiger partial charge < -0.3 is 29.8 Å². The van der Waals surface area contributed by atoms with Crippen molar-refractivity contribution in [1.29, 1.82) is 0 Å². The molecule has 0 aliphatic heterocycles. The van der Waals surface area contributed by atoms with Gasteiger partial charge >= 0.3 is 12.1 Å². The van der Waals surface area contributed by atoms with E-state index >= 15 is 0 Å². The number of H-pyrrole nitrogens is 1. The number of aromatic nitrogens is 3. The number of nitrogens with zero attached hydrogens (tertiary/aromatic N) is 2. The van der Waals surface area contributed by atoms with Crippen molar-refractivity contribution in [2.45, 2.75) is 71.8 Å². The van der Waals surface area contributed by atoms with Crippen molar-refractivity contribution in [2.24, 2.45) is 0 Å². The number of benzene rings is 2. The van der Waals surface area contributed by atoms with Gasteiger partial charge in [0.15, 0.2) is 0 Å². The molecule has 10 heteroatoms. The molecule has 0 radical (unpaired) electrons. The standard InChI is InChI=1S/C33H39N5O5/c1-6-42-31(39)24-17-26(23-13-10-14-25-28(23)38-30(20(2)34-25)35-22-15-16-22)36-29(24)27(37-32(40)43-33(3,4)5)19-41-18-21-11-8-7-9-12-21/h7-14,17,22,27,36H,6,15-16,18-19H2,1-5H3,(H,35,38)(H,37,40). The quantitative estimate of drug-likeness (QED) is 0.171. The summed E-state index contributed by atoms with van der Waals surface area (Å²) in [5.74, 6) is 0.232. The smallest absolute Gasteiger partial charge is 0.408 e. The normalized spacial score (nSPS) is 13.9. The van der Waals surface area contributed by atoms with Gasteiger partial charge in [-0.15, -0.1) is 0 Å². The Morgan fingerprint density at radius 1 is 1.07 bits per heavy atom. The summed E-state index contributed by atoms with van der Waals surface area (Å²) >= 11 is 0. The van der Waals surface area contributed by atoms with E-state index in [1.807, 2.05) is 55.5 Å². The Morgan fingerprint density at radius 2 is 1.84 bits per heavy atom. The number of ether oxygens (including phenoxy) is 3. The first-order chi connectivity index (χ1) is 20.6. The van der Waals surface area contributed by atoms with Gasteiger partial charge in [0.2, 0.25) is 0 Å². The number of carbonyl (C=O) groups is 2. The molecule has 10 nitrogen and oxygen atoms in total. The van der Waals surface area contributed by atoms with E-state index in [-0.39, 0.29) is 18.8 Å². The highest BCUT2D eigenvalue weighted by molar-refractivity contribution is 5.96. The molecule has 1 fully saturated rings. The number of carbonyl (C=O) groups excluding carboxylic acids is 2. The van der Waals surface area contributed by atoms with Crippen molar-refractivity contribution in [3.05, 3.63) is 77.1 Å². The zero-order valence-corrected chi connectivity index (χ0v) is 25.3. The molecular weight excluding hydrogens is 546 g/mol. The SMILES string of the molecule is CCOC(=O)c1cc(-c2cccc3nc(C)c(NC4CC4)nc23)[nH]c1C(COCc1ccccc1)NC(=O)OC(C)(C)C. The van der Waals surface area contributed by atoms with Crippen LogP contribution >= 0.6 is 0 Å². The number of para-hydroxylation sites is 1. The molecule has 4 aromatic rings. The molecule has 2 aromatic carbocycles. The summed E-state index contributed by atoms with van der Waals surface area (Å²) in [6.45, 7) is 9.66. The average molecular weight is 586 g/mol. The minimum Gasteiger partial charge on any atom is -0.462 e. The lowest BCUT2D eigenvalue weighted by molar-refractivity contribution is 0.0413. The average Bonchev–Trinajstić information content (AvgIpc) is 3.66. The van der Waals surface area contributed by atoms with Gasteiger partial charge in [0, 0.05) is 17.3 Å². The molecule has 3 N–H and O–H groups in total. The minimum atomic E-state index is -0.748. The number of fused-ring (bicyclic) bond motifs is 1. The molecule has 0 saturated heterocycles. The summed E-state index contributed by atoms with van der Waals surface area (Å²) in [5, 5.41) is 6.36. The molecule has 1 unspecified atom stereocenters. The minimum absolute atomic E-state index is 0.0739. The van der Waals surface area contributed by atoms with E-state index in [1.165, 1.54) is 0 Å². The third-order valence-electron chi connectivity index (χ3n) is 6.86. The van der Waals surface area contributed by atoms with Crippen molar-refractivity contribution in [3.8, 4) is 11.3 Å². The van der Waals surface area contributed by atoms with E-state index in [4.69, 9.17) is 24.2 Å². The number of alkyl carbamates (subject to hydrolysis) is 1. The molecule has 2 aromatic heterocycles.